The first-order valence-corrected chi connectivity index (χ1v) is 8.41. The van der Waals surface area contributed by atoms with Crippen LogP contribution in [0.2, 0.25) is 0 Å². The topological polar surface area (TPSA) is 65.4 Å². The minimum absolute atomic E-state index is 0.0667. The van der Waals surface area contributed by atoms with E-state index in [1.807, 2.05) is 64.8 Å². The first kappa shape index (κ1) is 18.8. The van der Waals surface area contributed by atoms with Crippen LogP contribution in [0.4, 0.5) is 16.2 Å². The number of likely N-dealkylation sites (N-methyl/N-ethyl adjacent to an activating group) is 1. The van der Waals surface area contributed by atoms with Crippen molar-refractivity contribution < 1.29 is 4.79 Å². The van der Waals surface area contributed by atoms with Crippen molar-refractivity contribution in [1.82, 2.24) is 20.0 Å². The van der Waals surface area contributed by atoms with Gasteiger partial charge in [0, 0.05) is 50.3 Å². The molecule has 0 radical (unpaired) electrons. The quantitative estimate of drug-likeness (QED) is 0.809. The van der Waals surface area contributed by atoms with Crippen LogP contribution in [0.25, 0.3) is 0 Å². The van der Waals surface area contributed by atoms with E-state index in [1.54, 1.807) is 4.68 Å². The first-order chi connectivity index (χ1) is 11.9. The van der Waals surface area contributed by atoms with Crippen molar-refractivity contribution in [3.05, 3.63) is 42.2 Å². The first-order valence-electron chi connectivity index (χ1n) is 8.41. The van der Waals surface area contributed by atoms with Gasteiger partial charge in [-0.05, 0) is 39.2 Å². The molecule has 0 aliphatic heterocycles. The molecule has 1 atom stereocenters. The van der Waals surface area contributed by atoms with E-state index in [1.165, 1.54) is 0 Å². The number of benzene rings is 1. The number of carbonyl (C=O) groups is 1. The Hall–Kier alpha value is -2.54. The molecule has 0 bridgehead atoms. The Morgan fingerprint density at radius 3 is 2.68 bits per heavy atom. The number of carbonyl (C=O) groups excluding carboxylic acids is 1. The number of hydrogen-bond acceptors (Lipinski definition) is 4. The molecule has 2 rings (SSSR count). The summed E-state index contributed by atoms with van der Waals surface area (Å²) in [6.45, 7) is 3.50. The van der Waals surface area contributed by atoms with E-state index < -0.39 is 0 Å². The Morgan fingerprint density at radius 2 is 2.08 bits per heavy atom. The molecule has 1 heterocycles. The third-order valence-electron chi connectivity index (χ3n) is 4.21. The average Bonchev–Trinajstić information content (AvgIpc) is 3.00. The van der Waals surface area contributed by atoms with Crippen molar-refractivity contribution in [1.29, 1.82) is 0 Å². The highest BCUT2D eigenvalue weighted by molar-refractivity contribution is 5.89. The average molecular weight is 344 g/mol. The highest BCUT2D eigenvalue weighted by atomic mass is 16.2. The Bertz CT molecular complexity index is 696. The summed E-state index contributed by atoms with van der Waals surface area (Å²) in [6, 6.07) is 7.67. The summed E-state index contributed by atoms with van der Waals surface area (Å²) in [5, 5.41) is 10.0. The lowest BCUT2D eigenvalue weighted by molar-refractivity contribution is 0.243. The summed E-state index contributed by atoms with van der Waals surface area (Å²) in [4.78, 5) is 16.4. The number of aromatic nitrogens is 2. The Kier molecular flexibility index (Phi) is 6.41. The van der Waals surface area contributed by atoms with Crippen molar-refractivity contribution in [2.75, 3.05) is 44.4 Å². The van der Waals surface area contributed by atoms with Gasteiger partial charge in [0.25, 0.3) is 0 Å². The number of rotatable bonds is 7. The molecule has 1 unspecified atom stereocenters. The van der Waals surface area contributed by atoms with E-state index in [4.69, 9.17) is 0 Å². The lowest BCUT2D eigenvalue weighted by atomic mass is 10.1. The molecule has 7 heteroatoms. The van der Waals surface area contributed by atoms with Crippen LogP contribution in [0.5, 0.6) is 0 Å². The van der Waals surface area contributed by atoms with Gasteiger partial charge in [0.15, 0.2) is 0 Å². The lowest BCUT2D eigenvalue weighted by Gasteiger charge is -2.23. The Labute approximate surface area is 149 Å². The molecule has 0 fully saturated rings. The van der Waals surface area contributed by atoms with Crippen LogP contribution < -0.4 is 15.5 Å². The van der Waals surface area contributed by atoms with E-state index >= 15 is 0 Å². The fourth-order valence-corrected chi connectivity index (χ4v) is 2.58. The van der Waals surface area contributed by atoms with E-state index in [9.17, 15) is 4.79 Å². The molecule has 0 aliphatic carbocycles. The van der Waals surface area contributed by atoms with Gasteiger partial charge in [0.1, 0.15) is 0 Å². The second kappa shape index (κ2) is 8.53. The maximum atomic E-state index is 12.3. The number of nitrogens with one attached hydrogen (secondary N) is 2. The van der Waals surface area contributed by atoms with Gasteiger partial charge in [-0.2, -0.15) is 5.10 Å². The van der Waals surface area contributed by atoms with Gasteiger partial charge in [-0.3, -0.25) is 4.68 Å². The SMILES string of the molecule is CCN(C)c1cccc(NC(=O)NCC(c2cnn(C)c2)N(C)C)c1. The molecule has 1 aromatic carbocycles. The number of urea groups is 1. The molecule has 0 spiro atoms. The van der Waals surface area contributed by atoms with E-state index in [0.717, 1.165) is 23.5 Å². The van der Waals surface area contributed by atoms with Gasteiger partial charge in [0.2, 0.25) is 0 Å². The molecule has 25 heavy (non-hydrogen) atoms. The number of amides is 2. The van der Waals surface area contributed by atoms with Crippen molar-refractivity contribution >= 4 is 17.4 Å². The van der Waals surface area contributed by atoms with E-state index in [0.29, 0.717) is 6.54 Å². The molecule has 136 valence electrons. The van der Waals surface area contributed by atoms with Gasteiger partial charge in [0.05, 0.1) is 12.2 Å². The van der Waals surface area contributed by atoms with Crippen LogP contribution in [0, 0.1) is 0 Å². The van der Waals surface area contributed by atoms with Crippen molar-refractivity contribution in [2.24, 2.45) is 7.05 Å². The van der Waals surface area contributed by atoms with Gasteiger partial charge in [-0.15, -0.1) is 0 Å². The maximum Gasteiger partial charge on any atom is 0.319 e. The van der Waals surface area contributed by atoms with E-state index in [-0.39, 0.29) is 12.1 Å². The molecule has 2 N–H and O–H groups in total. The molecule has 1 aromatic heterocycles. The zero-order chi connectivity index (χ0) is 18.4. The summed E-state index contributed by atoms with van der Waals surface area (Å²) in [5.41, 5.74) is 2.92. The summed E-state index contributed by atoms with van der Waals surface area (Å²) < 4.78 is 1.77. The molecule has 0 saturated carbocycles. The van der Waals surface area contributed by atoms with Crippen molar-refractivity contribution in [3.8, 4) is 0 Å². The third-order valence-corrected chi connectivity index (χ3v) is 4.21. The molecule has 0 aliphatic rings. The number of aryl methyl sites for hydroxylation is 1. The predicted molar refractivity (Wildman–Crippen MR) is 102 cm³/mol. The molecular weight excluding hydrogens is 316 g/mol. The second-order valence-corrected chi connectivity index (χ2v) is 6.33. The van der Waals surface area contributed by atoms with Crippen molar-refractivity contribution in [3.63, 3.8) is 0 Å². The molecule has 0 saturated heterocycles. The monoisotopic (exact) mass is 344 g/mol. The molecule has 2 aromatic rings. The highest BCUT2D eigenvalue weighted by Gasteiger charge is 2.17. The third kappa shape index (κ3) is 5.22. The van der Waals surface area contributed by atoms with Crippen LogP contribution in [-0.4, -0.2) is 54.9 Å². The second-order valence-electron chi connectivity index (χ2n) is 6.33. The molecule has 2 amide bonds. The summed E-state index contributed by atoms with van der Waals surface area (Å²) >= 11 is 0. The Morgan fingerprint density at radius 1 is 1.32 bits per heavy atom. The largest absolute Gasteiger partial charge is 0.375 e. The molecular formula is C18H28N6O. The van der Waals surface area contributed by atoms with Crippen LogP contribution in [-0.2, 0) is 7.05 Å². The normalized spacial score (nSPS) is 12.1. The predicted octanol–water partition coefficient (Wildman–Crippen LogP) is 2.30. The highest BCUT2D eigenvalue weighted by Crippen LogP contribution is 2.19. The smallest absolute Gasteiger partial charge is 0.319 e. The maximum absolute atomic E-state index is 12.3. The van der Waals surface area contributed by atoms with Crippen molar-refractivity contribution in [2.45, 2.75) is 13.0 Å². The minimum atomic E-state index is -0.216. The number of nitrogens with zero attached hydrogens (tertiary/aromatic N) is 4. The lowest BCUT2D eigenvalue weighted by Crippen LogP contribution is -2.36. The van der Waals surface area contributed by atoms with E-state index in [2.05, 4.69) is 32.5 Å². The van der Waals surface area contributed by atoms with Crippen LogP contribution in [0.1, 0.15) is 18.5 Å². The van der Waals surface area contributed by atoms with Crippen LogP contribution in [0.3, 0.4) is 0 Å². The van der Waals surface area contributed by atoms with Crippen LogP contribution in [0.15, 0.2) is 36.7 Å². The van der Waals surface area contributed by atoms with Gasteiger partial charge in [-0.25, -0.2) is 4.79 Å². The number of hydrogen-bond donors (Lipinski definition) is 2. The number of anilines is 2. The fourth-order valence-electron chi connectivity index (χ4n) is 2.58. The summed E-state index contributed by atoms with van der Waals surface area (Å²) in [6.07, 6.45) is 3.79. The standard InChI is InChI=1S/C18H28N6O/c1-6-23(4)16-9-7-8-15(10-16)21-18(25)19-12-17(22(2)3)14-11-20-24(5)13-14/h7-11,13,17H,6,12H2,1-5H3,(H2,19,21,25). The van der Waals surface area contributed by atoms with Gasteiger partial charge < -0.3 is 20.4 Å². The van der Waals surface area contributed by atoms with Gasteiger partial charge in [-0.1, -0.05) is 6.07 Å². The molecule has 7 nitrogen and oxygen atoms in total. The van der Waals surface area contributed by atoms with Gasteiger partial charge >= 0.3 is 6.03 Å². The minimum Gasteiger partial charge on any atom is -0.375 e. The Balaban J connectivity index is 1.95. The summed E-state index contributed by atoms with van der Waals surface area (Å²) in [5.74, 6) is 0. The fraction of sp³-hybridized carbons (Fsp3) is 0.444. The zero-order valence-electron chi connectivity index (χ0n) is 15.7. The zero-order valence-corrected chi connectivity index (χ0v) is 15.7. The van der Waals surface area contributed by atoms with Crippen LogP contribution >= 0.6 is 0 Å². The summed E-state index contributed by atoms with van der Waals surface area (Å²) in [7, 11) is 7.88.